The van der Waals surface area contributed by atoms with Crippen LogP contribution in [0.4, 0.5) is 11.5 Å². The van der Waals surface area contributed by atoms with Crippen LogP contribution in [0.5, 0.6) is 5.75 Å². The number of anilines is 2. The van der Waals surface area contributed by atoms with Crippen molar-refractivity contribution in [3.05, 3.63) is 53.3 Å². The van der Waals surface area contributed by atoms with E-state index in [-0.39, 0.29) is 0 Å². The number of benzene rings is 1. The molecule has 1 aromatic carbocycles. The zero-order chi connectivity index (χ0) is 18.6. The first-order valence-electron chi connectivity index (χ1n) is 9.65. The zero-order valence-corrected chi connectivity index (χ0v) is 16.0. The van der Waals surface area contributed by atoms with Crippen molar-refractivity contribution in [2.24, 2.45) is 0 Å². The lowest BCUT2D eigenvalue weighted by Gasteiger charge is -2.22. The van der Waals surface area contributed by atoms with Gasteiger partial charge in [0.25, 0.3) is 0 Å². The molecule has 140 valence electrons. The highest BCUT2D eigenvalue weighted by Crippen LogP contribution is 2.34. The SMILES string of the molecule is COc1ccc2nc3c(c(NCCNc4cccc(C)n4)c2c1)CCCC3. The Kier molecular flexibility index (Phi) is 5.10. The molecule has 5 nitrogen and oxygen atoms in total. The van der Waals surface area contributed by atoms with Crippen LogP contribution in [0.1, 0.15) is 29.8 Å². The number of nitrogens with zero attached hydrogens (tertiary/aromatic N) is 2. The molecule has 0 saturated carbocycles. The van der Waals surface area contributed by atoms with Gasteiger partial charge in [0.05, 0.1) is 12.6 Å². The van der Waals surface area contributed by atoms with E-state index in [1.165, 1.54) is 29.8 Å². The van der Waals surface area contributed by atoms with Gasteiger partial charge in [-0.1, -0.05) is 6.07 Å². The Hall–Kier alpha value is -2.82. The van der Waals surface area contributed by atoms with Crippen LogP contribution >= 0.6 is 0 Å². The van der Waals surface area contributed by atoms with Crippen LogP contribution in [0.3, 0.4) is 0 Å². The van der Waals surface area contributed by atoms with Crippen LogP contribution in [0.15, 0.2) is 36.4 Å². The average molecular weight is 362 g/mol. The van der Waals surface area contributed by atoms with E-state index in [9.17, 15) is 0 Å². The maximum atomic E-state index is 5.44. The van der Waals surface area contributed by atoms with Crippen LogP contribution in [-0.4, -0.2) is 30.2 Å². The van der Waals surface area contributed by atoms with Gasteiger partial charge >= 0.3 is 0 Å². The minimum absolute atomic E-state index is 0.805. The van der Waals surface area contributed by atoms with E-state index < -0.39 is 0 Å². The third-order valence-corrected chi connectivity index (χ3v) is 5.09. The van der Waals surface area contributed by atoms with Gasteiger partial charge in [-0.2, -0.15) is 0 Å². The summed E-state index contributed by atoms with van der Waals surface area (Å²) in [6.07, 6.45) is 4.61. The number of methoxy groups -OCH3 is 1. The summed E-state index contributed by atoms with van der Waals surface area (Å²) in [6.45, 7) is 3.63. The Morgan fingerprint density at radius 3 is 2.70 bits per heavy atom. The maximum absolute atomic E-state index is 5.44. The largest absolute Gasteiger partial charge is 0.497 e. The van der Waals surface area contributed by atoms with Gasteiger partial charge in [-0.05, 0) is 68.5 Å². The van der Waals surface area contributed by atoms with E-state index in [2.05, 4.69) is 27.8 Å². The lowest BCUT2D eigenvalue weighted by atomic mass is 9.92. The molecular weight excluding hydrogens is 336 g/mol. The Morgan fingerprint density at radius 2 is 1.85 bits per heavy atom. The summed E-state index contributed by atoms with van der Waals surface area (Å²) >= 11 is 0. The van der Waals surface area contributed by atoms with Crippen LogP contribution in [0, 0.1) is 6.92 Å². The van der Waals surface area contributed by atoms with Gasteiger partial charge in [-0.3, -0.25) is 4.98 Å². The number of pyridine rings is 2. The molecule has 0 spiro atoms. The molecule has 2 aromatic heterocycles. The van der Waals surface area contributed by atoms with Crippen molar-refractivity contribution in [1.29, 1.82) is 0 Å². The highest BCUT2D eigenvalue weighted by molar-refractivity contribution is 5.94. The van der Waals surface area contributed by atoms with Crippen molar-refractivity contribution < 1.29 is 4.74 Å². The second-order valence-electron chi connectivity index (χ2n) is 7.02. The van der Waals surface area contributed by atoms with Crippen molar-refractivity contribution >= 4 is 22.4 Å². The molecule has 0 bridgehead atoms. The normalized spacial score (nSPS) is 13.3. The third kappa shape index (κ3) is 3.82. The molecule has 5 heteroatoms. The molecule has 4 rings (SSSR count). The number of fused-ring (bicyclic) bond motifs is 2. The molecular formula is C22H26N4O. The molecule has 27 heavy (non-hydrogen) atoms. The Bertz CT molecular complexity index is 954. The molecule has 0 atom stereocenters. The summed E-state index contributed by atoms with van der Waals surface area (Å²) in [5.41, 5.74) is 5.89. The summed E-state index contributed by atoms with van der Waals surface area (Å²) in [5, 5.41) is 8.20. The number of rotatable bonds is 6. The van der Waals surface area contributed by atoms with Crippen LogP contribution < -0.4 is 15.4 Å². The van der Waals surface area contributed by atoms with E-state index in [4.69, 9.17) is 9.72 Å². The zero-order valence-electron chi connectivity index (χ0n) is 16.0. The Morgan fingerprint density at radius 1 is 1.00 bits per heavy atom. The van der Waals surface area contributed by atoms with Crippen molar-refractivity contribution in [3.8, 4) is 5.75 Å². The fourth-order valence-electron chi connectivity index (χ4n) is 3.75. The van der Waals surface area contributed by atoms with E-state index in [0.717, 1.165) is 54.1 Å². The molecule has 2 heterocycles. The maximum Gasteiger partial charge on any atom is 0.126 e. The van der Waals surface area contributed by atoms with Gasteiger partial charge in [-0.15, -0.1) is 0 Å². The monoisotopic (exact) mass is 362 g/mol. The van der Waals surface area contributed by atoms with Gasteiger partial charge in [0, 0.05) is 35.6 Å². The quantitative estimate of drug-likeness (QED) is 0.639. The fourth-order valence-corrected chi connectivity index (χ4v) is 3.75. The molecule has 0 unspecified atom stereocenters. The van der Waals surface area contributed by atoms with Gasteiger partial charge in [0.2, 0.25) is 0 Å². The van der Waals surface area contributed by atoms with Crippen molar-refractivity contribution in [2.75, 3.05) is 30.8 Å². The summed E-state index contributed by atoms with van der Waals surface area (Å²) in [5.74, 6) is 1.78. The first-order chi connectivity index (χ1) is 13.2. The Balaban J connectivity index is 1.57. The minimum Gasteiger partial charge on any atom is -0.497 e. The molecule has 1 aliphatic carbocycles. The van der Waals surface area contributed by atoms with Gasteiger partial charge < -0.3 is 15.4 Å². The van der Waals surface area contributed by atoms with E-state index >= 15 is 0 Å². The first kappa shape index (κ1) is 17.6. The molecule has 0 radical (unpaired) electrons. The topological polar surface area (TPSA) is 59.1 Å². The van der Waals surface area contributed by atoms with Crippen LogP contribution in [0.2, 0.25) is 0 Å². The molecule has 2 N–H and O–H groups in total. The highest BCUT2D eigenvalue weighted by Gasteiger charge is 2.18. The number of aromatic nitrogens is 2. The van der Waals surface area contributed by atoms with Gasteiger partial charge in [-0.25, -0.2) is 4.98 Å². The van der Waals surface area contributed by atoms with Gasteiger partial charge in [0.15, 0.2) is 0 Å². The number of ether oxygens (including phenoxy) is 1. The van der Waals surface area contributed by atoms with Crippen molar-refractivity contribution in [2.45, 2.75) is 32.6 Å². The summed E-state index contributed by atoms with van der Waals surface area (Å²) in [7, 11) is 1.71. The summed E-state index contributed by atoms with van der Waals surface area (Å²) in [6, 6.07) is 12.2. The number of hydrogen-bond acceptors (Lipinski definition) is 5. The second-order valence-corrected chi connectivity index (χ2v) is 7.02. The van der Waals surface area contributed by atoms with Crippen LogP contribution in [0.25, 0.3) is 10.9 Å². The molecule has 1 aliphatic rings. The lowest BCUT2D eigenvalue weighted by Crippen LogP contribution is -2.17. The number of nitrogens with one attached hydrogen (secondary N) is 2. The number of hydrogen-bond donors (Lipinski definition) is 2. The van der Waals surface area contributed by atoms with E-state index in [1.54, 1.807) is 7.11 Å². The molecule has 0 amide bonds. The molecule has 0 saturated heterocycles. The second kappa shape index (κ2) is 7.82. The predicted molar refractivity (Wildman–Crippen MR) is 111 cm³/mol. The smallest absolute Gasteiger partial charge is 0.126 e. The minimum atomic E-state index is 0.805. The molecule has 0 aliphatic heterocycles. The highest BCUT2D eigenvalue weighted by atomic mass is 16.5. The van der Waals surface area contributed by atoms with E-state index in [0.29, 0.717) is 0 Å². The van der Waals surface area contributed by atoms with E-state index in [1.807, 2.05) is 31.2 Å². The predicted octanol–water partition coefficient (Wildman–Crippen LogP) is 4.35. The summed E-state index contributed by atoms with van der Waals surface area (Å²) < 4.78 is 5.44. The third-order valence-electron chi connectivity index (χ3n) is 5.09. The fraction of sp³-hybridized carbons (Fsp3) is 0.364. The summed E-state index contributed by atoms with van der Waals surface area (Å²) in [4.78, 5) is 9.41. The average Bonchev–Trinajstić information content (AvgIpc) is 2.70. The molecule has 3 aromatic rings. The van der Waals surface area contributed by atoms with Gasteiger partial charge in [0.1, 0.15) is 11.6 Å². The molecule has 0 fully saturated rings. The lowest BCUT2D eigenvalue weighted by molar-refractivity contribution is 0.415. The van der Waals surface area contributed by atoms with Crippen molar-refractivity contribution in [3.63, 3.8) is 0 Å². The van der Waals surface area contributed by atoms with Crippen LogP contribution in [-0.2, 0) is 12.8 Å². The number of aryl methyl sites for hydroxylation is 2. The first-order valence-corrected chi connectivity index (χ1v) is 9.65. The van der Waals surface area contributed by atoms with Crippen molar-refractivity contribution in [1.82, 2.24) is 9.97 Å². The Labute approximate surface area is 160 Å². The standard InChI is InChI=1S/C22H26N4O/c1-15-6-5-9-21(25-15)23-12-13-24-22-17-7-3-4-8-19(17)26-20-11-10-16(27-2)14-18(20)22/h5-6,9-11,14H,3-4,7-8,12-13H2,1-2H3,(H,23,25)(H,24,26).